The zero-order chi connectivity index (χ0) is 23.2. The fraction of sp³-hybridized carbons (Fsp3) is 0.619. The van der Waals surface area contributed by atoms with Crippen molar-refractivity contribution < 1.29 is 27.1 Å². The number of rotatable bonds is 3. The summed E-state index contributed by atoms with van der Waals surface area (Å²) in [6, 6.07) is 5.18. The molecular formula is C21H30FN3O5S. The molecule has 2 aliphatic heterocycles. The second-order valence-corrected chi connectivity index (χ2v) is 8.90. The Bertz CT molecular complexity index is 831. The van der Waals surface area contributed by atoms with Gasteiger partial charge in [0.05, 0.1) is 6.54 Å². The average Bonchev–Trinajstić information content (AvgIpc) is 3.04. The van der Waals surface area contributed by atoms with Gasteiger partial charge in [0.25, 0.3) is 0 Å². The van der Waals surface area contributed by atoms with Crippen molar-refractivity contribution in [3.8, 4) is 0 Å². The minimum absolute atomic E-state index is 0.0457. The predicted molar refractivity (Wildman–Crippen MR) is 113 cm³/mol. The van der Waals surface area contributed by atoms with E-state index in [4.69, 9.17) is 13.2 Å². The predicted octanol–water partition coefficient (Wildman–Crippen LogP) is 3.10. The first-order valence-electron chi connectivity index (χ1n) is 10.3. The Morgan fingerprint density at radius 1 is 1.16 bits per heavy atom. The van der Waals surface area contributed by atoms with Crippen molar-refractivity contribution in [1.82, 2.24) is 14.7 Å². The van der Waals surface area contributed by atoms with Crippen LogP contribution in [-0.4, -0.2) is 73.1 Å². The van der Waals surface area contributed by atoms with Crippen molar-refractivity contribution in [3.63, 3.8) is 0 Å². The summed E-state index contributed by atoms with van der Waals surface area (Å²) in [5.41, 5.74) is 0.901. The fourth-order valence-corrected chi connectivity index (χ4v) is 3.76. The van der Waals surface area contributed by atoms with Gasteiger partial charge in [-0.2, -0.15) is 8.42 Å². The Morgan fingerprint density at radius 3 is 2.32 bits per heavy atom. The topological polar surface area (TPSA) is 87.2 Å². The van der Waals surface area contributed by atoms with Crippen LogP contribution < -0.4 is 0 Å². The highest BCUT2D eigenvalue weighted by molar-refractivity contribution is 7.51. The van der Waals surface area contributed by atoms with Gasteiger partial charge in [-0.05, 0) is 52.2 Å². The van der Waals surface area contributed by atoms with Gasteiger partial charge < -0.3 is 19.4 Å². The number of likely N-dealkylation sites (tertiary alicyclic amines) is 1. The Balaban J connectivity index is 0.00000107. The van der Waals surface area contributed by atoms with Crippen molar-refractivity contribution in [3.05, 3.63) is 35.1 Å². The lowest BCUT2D eigenvalue weighted by Gasteiger charge is -2.37. The van der Waals surface area contributed by atoms with Gasteiger partial charge in [0.1, 0.15) is 11.4 Å². The molecule has 8 nitrogen and oxygen atoms in total. The molecule has 2 heterocycles. The number of carbonyl (C=O) groups excluding carboxylic acids is 2. The normalized spacial score (nSPS) is 17.3. The fourth-order valence-electron chi connectivity index (χ4n) is 3.76. The maximum absolute atomic E-state index is 14.1. The van der Waals surface area contributed by atoms with Gasteiger partial charge in [0.2, 0.25) is 0 Å². The third kappa shape index (κ3) is 7.02. The lowest BCUT2D eigenvalue weighted by atomic mass is 10.0. The second-order valence-electron chi connectivity index (χ2n) is 8.76. The molecule has 0 spiro atoms. The molecule has 3 rings (SSSR count). The van der Waals surface area contributed by atoms with Crippen LogP contribution in [0.2, 0.25) is 0 Å². The van der Waals surface area contributed by atoms with Crippen molar-refractivity contribution in [2.45, 2.75) is 58.7 Å². The summed E-state index contributed by atoms with van der Waals surface area (Å²) >= 11 is -0.750. The molecule has 3 amide bonds. The van der Waals surface area contributed by atoms with Gasteiger partial charge in [-0.25, -0.2) is 14.0 Å². The minimum Gasteiger partial charge on any atom is -0.444 e. The highest BCUT2D eigenvalue weighted by Crippen LogP contribution is 2.24. The van der Waals surface area contributed by atoms with E-state index in [1.54, 1.807) is 15.9 Å². The number of urea groups is 1. The Labute approximate surface area is 185 Å². The third-order valence-corrected chi connectivity index (χ3v) is 5.25. The SMILES string of the molecule is Cc1ccc(CN2CCN(C3CCN(C(=O)OC(C)(C)C)CC3)C2=O)c(F)c1.O=S=O. The van der Waals surface area contributed by atoms with Crippen LogP contribution in [-0.2, 0) is 22.9 Å². The summed E-state index contributed by atoms with van der Waals surface area (Å²) in [7, 11) is 0. The first-order valence-corrected chi connectivity index (χ1v) is 10.9. The van der Waals surface area contributed by atoms with Gasteiger partial charge in [-0.1, -0.05) is 12.1 Å². The largest absolute Gasteiger partial charge is 0.444 e. The number of ether oxygens (including phenoxy) is 1. The second kappa shape index (κ2) is 10.7. The average molecular weight is 456 g/mol. The number of carbonyl (C=O) groups is 2. The van der Waals surface area contributed by atoms with Crippen LogP contribution in [0, 0.1) is 12.7 Å². The molecular weight excluding hydrogens is 425 g/mol. The number of piperidine rings is 1. The lowest BCUT2D eigenvalue weighted by Crippen LogP contribution is -2.49. The zero-order valence-corrected chi connectivity index (χ0v) is 19.2. The summed E-state index contributed by atoms with van der Waals surface area (Å²) in [5, 5.41) is 0. The molecule has 2 aliphatic rings. The number of hydrogen-bond donors (Lipinski definition) is 0. The van der Waals surface area contributed by atoms with E-state index in [9.17, 15) is 14.0 Å². The molecule has 0 N–H and O–H groups in total. The molecule has 0 saturated carbocycles. The van der Waals surface area contributed by atoms with E-state index in [1.807, 2.05) is 38.7 Å². The van der Waals surface area contributed by atoms with E-state index in [2.05, 4.69) is 0 Å². The number of hydrogen-bond acceptors (Lipinski definition) is 5. The van der Waals surface area contributed by atoms with Crippen molar-refractivity contribution in [2.75, 3.05) is 26.2 Å². The molecule has 1 aromatic carbocycles. The number of amides is 3. The summed E-state index contributed by atoms with van der Waals surface area (Å²) in [6.45, 7) is 10.1. The molecule has 0 unspecified atom stereocenters. The first-order chi connectivity index (χ1) is 14.6. The standard InChI is InChI=1S/C21H30FN3O3.O2S/c1-15-5-6-16(18(22)13-15)14-24-11-12-25(19(24)26)17-7-9-23(10-8-17)20(27)28-21(2,3)4;1-3-2/h5-6,13,17H,7-12,14H2,1-4H3;. The first kappa shape index (κ1) is 24.8. The summed E-state index contributed by atoms with van der Waals surface area (Å²) in [5.74, 6) is -0.267. The molecule has 31 heavy (non-hydrogen) atoms. The van der Waals surface area contributed by atoms with Crippen LogP contribution >= 0.6 is 0 Å². The Kier molecular flexibility index (Phi) is 8.55. The maximum Gasteiger partial charge on any atom is 0.410 e. The highest BCUT2D eigenvalue weighted by atomic mass is 32.1. The van der Waals surface area contributed by atoms with Gasteiger partial charge in [0, 0.05) is 37.8 Å². The van der Waals surface area contributed by atoms with Crippen LogP contribution in [0.15, 0.2) is 18.2 Å². The van der Waals surface area contributed by atoms with Gasteiger partial charge >= 0.3 is 23.7 Å². The van der Waals surface area contributed by atoms with Crippen molar-refractivity contribution in [1.29, 1.82) is 0 Å². The van der Waals surface area contributed by atoms with Crippen LogP contribution in [0.4, 0.5) is 14.0 Å². The lowest BCUT2D eigenvalue weighted by molar-refractivity contribution is 0.0170. The van der Waals surface area contributed by atoms with Crippen LogP contribution in [0.1, 0.15) is 44.7 Å². The molecule has 0 radical (unpaired) electrons. The molecule has 2 fully saturated rings. The number of aryl methyl sites for hydroxylation is 1. The number of benzene rings is 1. The number of nitrogens with zero attached hydrogens (tertiary/aromatic N) is 3. The van der Waals surface area contributed by atoms with Crippen molar-refractivity contribution in [2.24, 2.45) is 0 Å². The number of halogens is 1. The molecule has 1 aromatic rings. The monoisotopic (exact) mass is 455 g/mol. The summed E-state index contributed by atoms with van der Waals surface area (Å²) in [4.78, 5) is 30.3. The van der Waals surface area contributed by atoms with Crippen LogP contribution in [0.3, 0.4) is 0 Å². The Hall–Kier alpha value is -2.49. The van der Waals surface area contributed by atoms with E-state index in [1.165, 1.54) is 6.07 Å². The van der Waals surface area contributed by atoms with E-state index in [0.29, 0.717) is 31.7 Å². The molecule has 0 bridgehead atoms. The van der Waals surface area contributed by atoms with E-state index >= 15 is 0 Å². The molecule has 0 aromatic heterocycles. The minimum atomic E-state index is -0.750. The smallest absolute Gasteiger partial charge is 0.410 e. The van der Waals surface area contributed by atoms with Gasteiger partial charge in [-0.15, -0.1) is 0 Å². The zero-order valence-electron chi connectivity index (χ0n) is 18.4. The van der Waals surface area contributed by atoms with Crippen molar-refractivity contribution >= 4 is 23.7 Å². The summed E-state index contributed by atoms with van der Waals surface area (Å²) in [6.07, 6.45) is 1.17. The van der Waals surface area contributed by atoms with Gasteiger partial charge in [0.15, 0.2) is 0 Å². The Morgan fingerprint density at radius 2 is 1.77 bits per heavy atom. The van der Waals surface area contributed by atoms with Crippen LogP contribution in [0.5, 0.6) is 0 Å². The molecule has 2 saturated heterocycles. The third-order valence-electron chi connectivity index (χ3n) is 5.25. The maximum atomic E-state index is 14.1. The van der Waals surface area contributed by atoms with E-state index < -0.39 is 17.2 Å². The van der Waals surface area contributed by atoms with Crippen LogP contribution in [0.25, 0.3) is 0 Å². The molecule has 10 heteroatoms. The van der Waals surface area contributed by atoms with E-state index in [-0.39, 0.29) is 30.5 Å². The van der Waals surface area contributed by atoms with E-state index in [0.717, 1.165) is 18.4 Å². The highest BCUT2D eigenvalue weighted by Gasteiger charge is 2.36. The molecule has 172 valence electrons. The van der Waals surface area contributed by atoms with Gasteiger partial charge in [-0.3, -0.25) is 0 Å². The summed E-state index contributed by atoms with van der Waals surface area (Å²) < 4.78 is 36.1. The molecule has 0 aliphatic carbocycles. The quantitative estimate of drug-likeness (QED) is 0.699. The molecule has 0 atom stereocenters.